The van der Waals surface area contributed by atoms with Gasteiger partial charge in [-0.3, -0.25) is 14.7 Å². The van der Waals surface area contributed by atoms with E-state index < -0.39 is 0 Å². The van der Waals surface area contributed by atoms with Crippen LogP contribution in [-0.2, 0) is 6.54 Å². The lowest BCUT2D eigenvalue weighted by molar-refractivity contribution is 0.0932. The SMILES string of the molecule is O=C(NC[C@@H]1CCCN(Cc2cccnc2)C1)c1cccc2ccccc12. The fourth-order valence-corrected chi connectivity index (χ4v) is 3.97. The molecule has 4 heteroatoms. The Balaban J connectivity index is 1.36. The van der Waals surface area contributed by atoms with Crippen LogP contribution in [0, 0.1) is 5.92 Å². The van der Waals surface area contributed by atoms with Crippen molar-refractivity contribution in [2.45, 2.75) is 19.4 Å². The van der Waals surface area contributed by atoms with Crippen LogP contribution in [0.3, 0.4) is 0 Å². The van der Waals surface area contributed by atoms with Gasteiger partial charge in [0.2, 0.25) is 0 Å². The zero-order valence-corrected chi connectivity index (χ0v) is 15.5. The molecule has 2 heterocycles. The number of nitrogens with zero attached hydrogens (tertiary/aromatic N) is 2. The second kappa shape index (κ2) is 8.31. The van der Waals surface area contributed by atoms with Gasteiger partial charge in [-0.05, 0) is 53.8 Å². The number of amides is 1. The van der Waals surface area contributed by atoms with Crippen molar-refractivity contribution in [2.24, 2.45) is 5.92 Å². The van der Waals surface area contributed by atoms with Gasteiger partial charge in [-0.1, -0.05) is 42.5 Å². The Kier molecular flexibility index (Phi) is 5.45. The van der Waals surface area contributed by atoms with Gasteiger partial charge in [0.25, 0.3) is 5.91 Å². The molecule has 0 aliphatic carbocycles. The predicted molar refractivity (Wildman–Crippen MR) is 109 cm³/mol. The summed E-state index contributed by atoms with van der Waals surface area (Å²) in [5.74, 6) is 0.519. The van der Waals surface area contributed by atoms with Gasteiger partial charge < -0.3 is 5.32 Å². The van der Waals surface area contributed by atoms with Crippen molar-refractivity contribution in [3.05, 3.63) is 78.1 Å². The van der Waals surface area contributed by atoms with Crippen LogP contribution in [-0.4, -0.2) is 35.4 Å². The summed E-state index contributed by atoms with van der Waals surface area (Å²) < 4.78 is 0. The third kappa shape index (κ3) is 4.34. The maximum atomic E-state index is 12.7. The summed E-state index contributed by atoms with van der Waals surface area (Å²) in [6.07, 6.45) is 6.09. The summed E-state index contributed by atoms with van der Waals surface area (Å²) >= 11 is 0. The quantitative estimate of drug-likeness (QED) is 0.752. The maximum absolute atomic E-state index is 12.7. The molecule has 1 atom stereocenters. The van der Waals surface area contributed by atoms with E-state index in [-0.39, 0.29) is 5.91 Å². The molecule has 0 unspecified atom stereocenters. The number of hydrogen-bond acceptors (Lipinski definition) is 3. The van der Waals surface area contributed by atoms with Gasteiger partial charge in [0.15, 0.2) is 0 Å². The van der Waals surface area contributed by atoms with Gasteiger partial charge in [-0.15, -0.1) is 0 Å². The molecule has 1 aliphatic rings. The number of pyridine rings is 1. The molecule has 1 amide bonds. The molecule has 1 saturated heterocycles. The number of rotatable bonds is 5. The number of piperidine rings is 1. The van der Waals surface area contributed by atoms with Gasteiger partial charge in [-0.2, -0.15) is 0 Å². The molecule has 1 aromatic heterocycles. The molecule has 138 valence electrons. The standard InChI is InChI=1S/C23H25N3O/c27-23(22-11-3-9-20-8-1-2-10-21(20)22)25-15-19-7-5-13-26(17-19)16-18-6-4-12-24-14-18/h1-4,6,8-12,14,19H,5,7,13,15-17H2,(H,25,27)/t19-/m0/s1. The van der Waals surface area contributed by atoms with E-state index in [2.05, 4.69) is 21.3 Å². The molecular weight excluding hydrogens is 334 g/mol. The van der Waals surface area contributed by atoms with Crippen LogP contribution in [0.25, 0.3) is 10.8 Å². The number of carbonyl (C=O) groups is 1. The fraction of sp³-hybridized carbons (Fsp3) is 0.304. The lowest BCUT2D eigenvalue weighted by Gasteiger charge is -2.32. The Bertz CT molecular complexity index is 904. The largest absolute Gasteiger partial charge is 0.352 e. The minimum atomic E-state index is 0.0242. The zero-order valence-electron chi connectivity index (χ0n) is 15.5. The van der Waals surface area contributed by atoms with Crippen LogP contribution in [0.15, 0.2) is 67.0 Å². The van der Waals surface area contributed by atoms with Crippen molar-refractivity contribution in [2.75, 3.05) is 19.6 Å². The summed E-state index contributed by atoms with van der Waals surface area (Å²) in [5.41, 5.74) is 2.01. The average Bonchev–Trinajstić information content (AvgIpc) is 2.72. The molecule has 4 rings (SSSR count). The molecule has 27 heavy (non-hydrogen) atoms. The first-order valence-electron chi connectivity index (χ1n) is 9.67. The smallest absolute Gasteiger partial charge is 0.251 e. The second-order valence-electron chi connectivity index (χ2n) is 7.34. The zero-order chi connectivity index (χ0) is 18.5. The van der Waals surface area contributed by atoms with Gasteiger partial charge in [0.1, 0.15) is 0 Å². The van der Waals surface area contributed by atoms with Crippen molar-refractivity contribution in [3.8, 4) is 0 Å². The van der Waals surface area contributed by atoms with Crippen molar-refractivity contribution in [1.82, 2.24) is 15.2 Å². The summed E-state index contributed by atoms with van der Waals surface area (Å²) in [6.45, 7) is 3.79. The Labute approximate surface area is 160 Å². The monoisotopic (exact) mass is 359 g/mol. The summed E-state index contributed by atoms with van der Waals surface area (Å²) in [6, 6.07) is 18.1. The summed E-state index contributed by atoms with van der Waals surface area (Å²) in [5, 5.41) is 5.28. The number of fused-ring (bicyclic) bond motifs is 1. The highest BCUT2D eigenvalue weighted by molar-refractivity contribution is 6.06. The molecule has 1 aliphatic heterocycles. The van der Waals surface area contributed by atoms with E-state index in [1.807, 2.05) is 60.9 Å². The fourth-order valence-electron chi connectivity index (χ4n) is 3.97. The van der Waals surface area contributed by atoms with E-state index in [1.54, 1.807) is 0 Å². The van der Waals surface area contributed by atoms with E-state index in [9.17, 15) is 4.79 Å². The minimum absolute atomic E-state index is 0.0242. The third-order valence-corrected chi connectivity index (χ3v) is 5.32. The number of hydrogen-bond donors (Lipinski definition) is 1. The first-order chi connectivity index (χ1) is 13.3. The number of nitrogens with one attached hydrogen (secondary N) is 1. The van der Waals surface area contributed by atoms with E-state index in [0.717, 1.165) is 42.5 Å². The first-order valence-corrected chi connectivity index (χ1v) is 9.67. The Morgan fingerprint density at radius 3 is 2.89 bits per heavy atom. The highest BCUT2D eigenvalue weighted by Crippen LogP contribution is 2.20. The molecule has 2 aromatic carbocycles. The van der Waals surface area contributed by atoms with Crippen LogP contribution in [0.1, 0.15) is 28.8 Å². The lowest BCUT2D eigenvalue weighted by atomic mass is 9.97. The van der Waals surface area contributed by atoms with Crippen LogP contribution in [0.5, 0.6) is 0 Å². The molecule has 0 bridgehead atoms. The summed E-state index contributed by atoms with van der Waals surface area (Å²) in [7, 11) is 0. The first kappa shape index (κ1) is 17.7. The van der Waals surface area contributed by atoms with Crippen molar-refractivity contribution >= 4 is 16.7 Å². The van der Waals surface area contributed by atoms with Gasteiger partial charge >= 0.3 is 0 Å². The minimum Gasteiger partial charge on any atom is -0.352 e. The van der Waals surface area contributed by atoms with Gasteiger partial charge in [0.05, 0.1) is 0 Å². The average molecular weight is 359 g/mol. The van der Waals surface area contributed by atoms with E-state index >= 15 is 0 Å². The predicted octanol–water partition coefficient (Wildman–Crippen LogP) is 3.88. The molecule has 0 saturated carbocycles. The lowest BCUT2D eigenvalue weighted by Crippen LogP contribution is -2.40. The van der Waals surface area contributed by atoms with E-state index in [4.69, 9.17) is 0 Å². The molecule has 1 fully saturated rings. The highest BCUT2D eigenvalue weighted by Gasteiger charge is 2.21. The van der Waals surface area contributed by atoms with Gasteiger partial charge in [-0.25, -0.2) is 0 Å². The second-order valence-corrected chi connectivity index (χ2v) is 7.34. The van der Waals surface area contributed by atoms with Crippen molar-refractivity contribution < 1.29 is 4.79 Å². The molecule has 0 radical (unpaired) electrons. The molecular formula is C23H25N3O. The van der Waals surface area contributed by atoms with Crippen molar-refractivity contribution in [1.29, 1.82) is 0 Å². The van der Waals surface area contributed by atoms with E-state index in [0.29, 0.717) is 5.92 Å². The number of aromatic nitrogens is 1. The van der Waals surface area contributed by atoms with Crippen LogP contribution in [0.2, 0.25) is 0 Å². The molecule has 3 aromatic rings. The van der Waals surface area contributed by atoms with Crippen LogP contribution < -0.4 is 5.32 Å². The highest BCUT2D eigenvalue weighted by atomic mass is 16.1. The van der Waals surface area contributed by atoms with Gasteiger partial charge in [0, 0.05) is 37.6 Å². The summed E-state index contributed by atoms with van der Waals surface area (Å²) in [4.78, 5) is 19.4. The third-order valence-electron chi connectivity index (χ3n) is 5.32. The Morgan fingerprint density at radius 2 is 2.00 bits per heavy atom. The van der Waals surface area contributed by atoms with Crippen molar-refractivity contribution in [3.63, 3.8) is 0 Å². The number of likely N-dealkylation sites (tertiary alicyclic amines) is 1. The molecule has 0 spiro atoms. The number of carbonyl (C=O) groups excluding carboxylic acids is 1. The Morgan fingerprint density at radius 1 is 1.11 bits per heavy atom. The van der Waals surface area contributed by atoms with Crippen LogP contribution in [0.4, 0.5) is 0 Å². The molecule has 4 nitrogen and oxygen atoms in total. The Hall–Kier alpha value is -2.72. The topological polar surface area (TPSA) is 45.2 Å². The number of benzene rings is 2. The molecule has 1 N–H and O–H groups in total. The van der Waals surface area contributed by atoms with E-state index in [1.165, 1.54) is 18.4 Å². The maximum Gasteiger partial charge on any atom is 0.251 e. The van der Waals surface area contributed by atoms with Crippen LogP contribution >= 0.6 is 0 Å². The normalized spacial score (nSPS) is 17.7.